The molecule has 1 aromatic rings. The maximum Gasteiger partial charge on any atom is 0.335 e. The molecule has 0 radical (unpaired) electrons. The molecule has 4 saturated carbocycles. The van der Waals surface area contributed by atoms with Crippen molar-refractivity contribution in [1.82, 2.24) is 0 Å². The van der Waals surface area contributed by atoms with Crippen molar-refractivity contribution in [2.45, 2.75) is 102 Å². The number of hydrogen-bond donors (Lipinski definition) is 2. The first kappa shape index (κ1) is 23.1. The Kier molecular flexibility index (Phi) is 5.56. The molecule has 1 heterocycles. The Labute approximate surface area is 196 Å². The van der Waals surface area contributed by atoms with Crippen molar-refractivity contribution >= 4 is 5.97 Å². The SMILES string of the molecule is CC(N)C(=O)OC1CCC2(C)C(CCC3C2CCC2(C)C(c4ccc(=O)oc4)CCC32O)C1. The van der Waals surface area contributed by atoms with Gasteiger partial charge in [0.2, 0.25) is 0 Å². The fourth-order valence-electron chi connectivity index (χ4n) is 8.67. The second kappa shape index (κ2) is 7.94. The number of rotatable bonds is 3. The predicted octanol–water partition coefficient (Wildman–Crippen LogP) is 4.14. The number of carbonyl (C=O) groups is 1. The molecule has 5 rings (SSSR count). The van der Waals surface area contributed by atoms with Gasteiger partial charge in [-0.1, -0.05) is 13.8 Å². The Bertz CT molecular complexity index is 953. The summed E-state index contributed by atoms with van der Waals surface area (Å²) in [5.41, 5.74) is 5.71. The van der Waals surface area contributed by atoms with Gasteiger partial charge < -0.3 is 20.0 Å². The van der Waals surface area contributed by atoms with E-state index < -0.39 is 11.6 Å². The molecule has 0 bridgehead atoms. The third-order valence-corrected chi connectivity index (χ3v) is 10.6. The smallest absolute Gasteiger partial charge is 0.335 e. The average Bonchev–Trinajstić information content (AvgIpc) is 3.06. The van der Waals surface area contributed by atoms with Crippen LogP contribution in [0.15, 0.2) is 27.6 Å². The highest BCUT2D eigenvalue weighted by Gasteiger charge is 2.67. The van der Waals surface area contributed by atoms with Gasteiger partial charge in [-0.15, -0.1) is 0 Å². The topological polar surface area (TPSA) is 103 Å². The fraction of sp³-hybridized carbons (Fsp3) is 0.778. The Hall–Kier alpha value is -1.66. The molecule has 0 saturated heterocycles. The highest BCUT2D eigenvalue weighted by Crippen LogP contribution is 2.70. The molecule has 182 valence electrons. The minimum absolute atomic E-state index is 0.0290. The Morgan fingerprint density at radius 3 is 2.61 bits per heavy atom. The van der Waals surface area contributed by atoms with Crippen LogP contribution >= 0.6 is 0 Å². The third-order valence-electron chi connectivity index (χ3n) is 10.6. The number of nitrogens with two attached hydrogens (primary N) is 1. The van der Waals surface area contributed by atoms with E-state index in [1.165, 1.54) is 6.07 Å². The molecule has 0 aromatic carbocycles. The first-order valence-corrected chi connectivity index (χ1v) is 12.9. The molecule has 6 nitrogen and oxygen atoms in total. The van der Waals surface area contributed by atoms with Gasteiger partial charge >= 0.3 is 11.6 Å². The molecular formula is C27H39NO5. The van der Waals surface area contributed by atoms with Crippen molar-refractivity contribution in [3.05, 3.63) is 34.4 Å². The van der Waals surface area contributed by atoms with Crippen LogP contribution in [0.2, 0.25) is 0 Å². The lowest BCUT2D eigenvalue weighted by atomic mass is 9.43. The van der Waals surface area contributed by atoms with Crippen LogP contribution in [-0.2, 0) is 9.53 Å². The van der Waals surface area contributed by atoms with E-state index >= 15 is 0 Å². The lowest BCUT2D eigenvalue weighted by molar-refractivity contribution is -0.207. The molecule has 9 atom stereocenters. The summed E-state index contributed by atoms with van der Waals surface area (Å²) in [5.74, 6) is 1.22. The zero-order valence-corrected chi connectivity index (χ0v) is 20.2. The van der Waals surface area contributed by atoms with Gasteiger partial charge in [0.1, 0.15) is 12.1 Å². The molecule has 9 unspecified atom stereocenters. The van der Waals surface area contributed by atoms with Crippen molar-refractivity contribution < 1.29 is 19.1 Å². The van der Waals surface area contributed by atoms with Crippen LogP contribution in [0.5, 0.6) is 0 Å². The lowest BCUT2D eigenvalue weighted by Gasteiger charge is -2.63. The number of hydrogen-bond acceptors (Lipinski definition) is 6. The second-order valence-corrected chi connectivity index (χ2v) is 12.0. The van der Waals surface area contributed by atoms with E-state index in [1.54, 1.807) is 13.2 Å². The average molecular weight is 458 g/mol. The maximum absolute atomic E-state index is 12.3. The second-order valence-electron chi connectivity index (χ2n) is 12.0. The van der Waals surface area contributed by atoms with E-state index in [0.29, 0.717) is 17.8 Å². The minimum Gasteiger partial charge on any atom is -0.461 e. The fourth-order valence-corrected chi connectivity index (χ4v) is 8.67. The van der Waals surface area contributed by atoms with E-state index in [2.05, 4.69) is 13.8 Å². The number of aliphatic hydroxyl groups is 1. The largest absolute Gasteiger partial charge is 0.461 e. The summed E-state index contributed by atoms with van der Waals surface area (Å²) >= 11 is 0. The highest BCUT2D eigenvalue weighted by atomic mass is 16.5. The molecule has 0 amide bonds. The maximum atomic E-state index is 12.3. The summed E-state index contributed by atoms with van der Waals surface area (Å²) in [4.78, 5) is 23.5. The zero-order valence-electron chi connectivity index (χ0n) is 20.2. The quantitative estimate of drug-likeness (QED) is 0.661. The van der Waals surface area contributed by atoms with Gasteiger partial charge in [0.15, 0.2) is 0 Å². The van der Waals surface area contributed by atoms with E-state index in [-0.39, 0.29) is 34.4 Å². The summed E-state index contributed by atoms with van der Waals surface area (Å²) < 4.78 is 10.9. The molecule has 4 aliphatic carbocycles. The molecule has 6 heteroatoms. The Balaban J connectivity index is 1.37. The molecule has 4 fully saturated rings. The van der Waals surface area contributed by atoms with Gasteiger partial charge in [0.05, 0.1) is 11.9 Å². The molecule has 33 heavy (non-hydrogen) atoms. The number of fused-ring (bicyclic) bond motifs is 5. The highest BCUT2D eigenvalue weighted by molar-refractivity contribution is 5.75. The van der Waals surface area contributed by atoms with E-state index in [9.17, 15) is 14.7 Å². The van der Waals surface area contributed by atoms with Crippen LogP contribution < -0.4 is 11.4 Å². The van der Waals surface area contributed by atoms with Crippen molar-refractivity contribution in [1.29, 1.82) is 0 Å². The van der Waals surface area contributed by atoms with Gasteiger partial charge in [-0.3, -0.25) is 4.79 Å². The van der Waals surface area contributed by atoms with Crippen LogP contribution in [0.4, 0.5) is 0 Å². The molecule has 3 N–H and O–H groups in total. The molecule has 4 aliphatic rings. The van der Waals surface area contributed by atoms with E-state index in [0.717, 1.165) is 63.4 Å². The van der Waals surface area contributed by atoms with Gasteiger partial charge in [-0.2, -0.15) is 0 Å². The van der Waals surface area contributed by atoms with Crippen LogP contribution in [0.1, 0.15) is 90.0 Å². The summed E-state index contributed by atoms with van der Waals surface area (Å²) in [6.45, 7) is 6.38. The van der Waals surface area contributed by atoms with Gasteiger partial charge in [-0.25, -0.2) is 4.79 Å². The Morgan fingerprint density at radius 1 is 1.12 bits per heavy atom. The molecular weight excluding hydrogens is 418 g/mol. The monoisotopic (exact) mass is 457 g/mol. The number of carbonyl (C=O) groups excluding carboxylic acids is 1. The standard InChI is InChI=1S/C27H39NO5/c1-16(28)24(30)33-19-8-11-25(2)18(14-19)5-6-22-21(25)9-12-26(3)20(10-13-27(22,26)31)17-4-7-23(29)32-15-17/h4,7,15-16,18-22,31H,5-6,8-14,28H2,1-3H3. The van der Waals surface area contributed by atoms with E-state index in [4.69, 9.17) is 14.9 Å². The predicted molar refractivity (Wildman–Crippen MR) is 124 cm³/mol. The van der Waals surface area contributed by atoms with Crippen LogP contribution in [0.3, 0.4) is 0 Å². The zero-order chi connectivity index (χ0) is 23.6. The minimum atomic E-state index is -0.691. The van der Waals surface area contributed by atoms with Crippen molar-refractivity contribution in [3.63, 3.8) is 0 Å². The first-order valence-electron chi connectivity index (χ1n) is 12.9. The van der Waals surface area contributed by atoms with Crippen molar-refractivity contribution in [3.8, 4) is 0 Å². The van der Waals surface area contributed by atoms with Gasteiger partial charge in [-0.05, 0) is 105 Å². The first-order chi connectivity index (χ1) is 15.6. The molecule has 1 aromatic heterocycles. The third kappa shape index (κ3) is 3.43. The summed E-state index contributed by atoms with van der Waals surface area (Å²) in [6.07, 6.45) is 10.4. The van der Waals surface area contributed by atoms with Gasteiger partial charge in [0.25, 0.3) is 0 Å². The van der Waals surface area contributed by atoms with Crippen LogP contribution in [0, 0.1) is 28.6 Å². The number of ether oxygens (including phenoxy) is 1. The van der Waals surface area contributed by atoms with Gasteiger partial charge in [0, 0.05) is 11.5 Å². The number of esters is 1. The Morgan fingerprint density at radius 2 is 1.91 bits per heavy atom. The van der Waals surface area contributed by atoms with Crippen LogP contribution in [-0.4, -0.2) is 28.8 Å². The van der Waals surface area contributed by atoms with Crippen molar-refractivity contribution in [2.24, 2.45) is 34.3 Å². The van der Waals surface area contributed by atoms with Crippen molar-refractivity contribution in [2.75, 3.05) is 0 Å². The van der Waals surface area contributed by atoms with E-state index in [1.807, 2.05) is 6.07 Å². The summed E-state index contributed by atoms with van der Waals surface area (Å²) in [6, 6.07) is 2.82. The molecule has 0 aliphatic heterocycles. The normalized spacial score (nSPS) is 45.4. The molecule has 0 spiro atoms. The van der Waals surface area contributed by atoms with Crippen LogP contribution in [0.25, 0.3) is 0 Å². The lowest BCUT2D eigenvalue weighted by Crippen LogP contribution is -2.62. The summed E-state index contributed by atoms with van der Waals surface area (Å²) in [5, 5.41) is 12.3. The summed E-state index contributed by atoms with van der Waals surface area (Å²) in [7, 11) is 0.